The van der Waals surface area contributed by atoms with Crippen molar-refractivity contribution in [2.75, 3.05) is 25.6 Å². The monoisotopic (exact) mass is 323 g/mol. The van der Waals surface area contributed by atoms with Gasteiger partial charge in [-0.25, -0.2) is 4.98 Å². The molecule has 0 spiro atoms. The quantitative estimate of drug-likeness (QED) is 0.858. The minimum Gasteiger partial charge on any atom is -0.383 e. The molecule has 1 N–H and O–H groups in total. The van der Waals surface area contributed by atoms with E-state index in [1.807, 2.05) is 19.2 Å². The average molecular weight is 324 g/mol. The van der Waals surface area contributed by atoms with Crippen LogP contribution in [0.1, 0.15) is 11.3 Å². The van der Waals surface area contributed by atoms with Crippen molar-refractivity contribution in [3.63, 3.8) is 0 Å². The van der Waals surface area contributed by atoms with Crippen LogP contribution in [0.5, 0.6) is 0 Å². The molecule has 19 heavy (non-hydrogen) atoms. The Balaban J connectivity index is 2.32. The van der Waals surface area contributed by atoms with E-state index in [9.17, 15) is 0 Å². The summed E-state index contributed by atoms with van der Waals surface area (Å²) in [5.74, 6) is 0.847. The van der Waals surface area contributed by atoms with Gasteiger partial charge in [0.25, 0.3) is 0 Å². The van der Waals surface area contributed by atoms with Gasteiger partial charge in [0, 0.05) is 24.3 Å². The lowest BCUT2D eigenvalue weighted by Gasteiger charge is -2.12. The fourth-order valence-electron chi connectivity index (χ4n) is 1.96. The Morgan fingerprint density at radius 1 is 1.37 bits per heavy atom. The number of anilines is 1. The topological polar surface area (TPSA) is 39.1 Å². The first-order valence-corrected chi connectivity index (χ1v) is 6.96. The fraction of sp³-hybridized carbons (Fsp3) is 0.357. The molecule has 0 atom stereocenters. The van der Waals surface area contributed by atoms with Crippen LogP contribution >= 0.6 is 15.9 Å². The van der Waals surface area contributed by atoms with Gasteiger partial charge in [-0.2, -0.15) is 0 Å². The van der Waals surface area contributed by atoms with E-state index in [2.05, 4.69) is 49.9 Å². The fourth-order valence-corrected chi connectivity index (χ4v) is 2.44. The van der Waals surface area contributed by atoms with Gasteiger partial charge in [-0.1, -0.05) is 15.9 Å². The molecule has 1 aromatic heterocycles. The van der Waals surface area contributed by atoms with Crippen molar-refractivity contribution in [1.29, 1.82) is 0 Å². The molecule has 1 heterocycles. The van der Waals surface area contributed by atoms with E-state index in [4.69, 9.17) is 4.74 Å². The minimum absolute atomic E-state index is 0.658. The van der Waals surface area contributed by atoms with Crippen LogP contribution in [0.25, 0.3) is 5.69 Å². The van der Waals surface area contributed by atoms with Crippen molar-refractivity contribution >= 4 is 21.9 Å². The second-order valence-electron chi connectivity index (χ2n) is 4.43. The Hall–Kier alpha value is -1.33. The average Bonchev–Trinajstić information content (AvgIpc) is 2.71. The largest absolute Gasteiger partial charge is 0.383 e. The van der Waals surface area contributed by atoms with Gasteiger partial charge in [0.15, 0.2) is 0 Å². The molecular formula is C14H18BrN3O. The van der Waals surface area contributed by atoms with Crippen molar-refractivity contribution in [3.8, 4) is 5.69 Å². The molecule has 2 aromatic rings. The second kappa shape index (κ2) is 6.21. The molecule has 0 radical (unpaired) electrons. The van der Waals surface area contributed by atoms with Gasteiger partial charge in [-0.15, -0.1) is 0 Å². The molecule has 102 valence electrons. The van der Waals surface area contributed by atoms with Crippen LogP contribution in [-0.4, -0.2) is 29.8 Å². The van der Waals surface area contributed by atoms with Crippen LogP contribution in [0.3, 0.4) is 0 Å². The highest BCUT2D eigenvalue weighted by molar-refractivity contribution is 9.10. The number of imidazole rings is 1. The van der Waals surface area contributed by atoms with Gasteiger partial charge < -0.3 is 10.1 Å². The number of halogens is 1. The maximum absolute atomic E-state index is 5.05. The van der Waals surface area contributed by atoms with E-state index in [1.54, 1.807) is 7.11 Å². The number of nitrogens with zero attached hydrogens (tertiary/aromatic N) is 2. The zero-order valence-corrected chi connectivity index (χ0v) is 13.0. The first-order chi connectivity index (χ1) is 9.11. The van der Waals surface area contributed by atoms with Crippen molar-refractivity contribution in [2.24, 2.45) is 0 Å². The van der Waals surface area contributed by atoms with E-state index < -0.39 is 0 Å². The third-order valence-corrected chi connectivity index (χ3v) is 3.33. The Labute approximate surface area is 121 Å². The van der Waals surface area contributed by atoms with Gasteiger partial charge in [0.05, 0.1) is 18.0 Å². The smallest absolute Gasteiger partial charge is 0.207 e. The van der Waals surface area contributed by atoms with Crippen LogP contribution in [0, 0.1) is 13.8 Å². The minimum atomic E-state index is 0.658. The molecule has 4 nitrogen and oxygen atoms in total. The molecular weight excluding hydrogens is 306 g/mol. The number of aromatic nitrogens is 2. The normalized spacial score (nSPS) is 10.7. The van der Waals surface area contributed by atoms with Gasteiger partial charge in [-0.3, -0.25) is 4.57 Å². The zero-order valence-electron chi connectivity index (χ0n) is 11.4. The molecule has 0 amide bonds. The number of aryl methyl sites for hydroxylation is 2. The van der Waals surface area contributed by atoms with Gasteiger partial charge in [0.2, 0.25) is 5.95 Å². The summed E-state index contributed by atoms with van der Waals surface area (Å²) in [6, 6.07) is 6.22. The van der Waals surface area contributed by atoms with Crippen LogP contribution in [0.4, 0.5) is 5.95 Å². The first-order valence-electron chi connectivity index (χ1n) is 6.17. The molecule has 0 aliphatic heterocycles. The van der Waals surface area contributed by atoms with Gasteiger partial charge in [-0.05, 0) is 37.6 Å². The van der Waals surface area contributed by atoms with Crippen molar-refractivity contribution in [3.05, 3.63) is 40.1 Å². The summed E-state index contributed by atoms with van der Waals surface area (Å²) in [7, 11) is 1.69. The Bertz CT molecular complexity index is 566. The van der Waals surface area contributed by atoms with Crippen molar-refractivity contribution < 1.29 is 4.74 Å². The standard InChI is InChI=1S/C14H18BrN3O/c1-10-8-12(15)4-5-13(10)18-9-11(2)17-14(18)16-6-7-19-3/h4-5,8-9H,6-7H2,1-3H3,(H,16,17). The maximum atomic E-state index is 5.05. The van der Waals surface area contributed by atoms with Crippen LogP contribution in [0.15, 0.2) is 28.9 Å². The lowest BCUT2D eigenvalue weighted by Crippen LogP contribution is -2.12. The van der Waals surface area contributed by atoms with E-state index in [1.165, 1.54) is 5.56 Å². The third kappa shape index (κ3) is 3.36. The highest BCUT2D eigenvalue weighted by atomic mass is 79.9. The lowest BCUT2D eigenvalue weighted by atomic mass is 10.2. The van der Waals surface area contributed by atoms with Crippen LogP contribution < -0.4 is 5.32 Å². The highest BCUT2D eigenvalue weighted by Gasteiger charge is 2.09. The molecule has 0 aliphatic carbocycles. The maximum Gasteiger partial charge on any atom is 0.207 e. The summed E-state index contributed by atoms with van der Waals surface area (Å²) in [5.41, 5.74) is 3.31. The number of nitrogens with one attached hydrogen (secondary N) is 1. The molecule has 0 aliphatic rings. The molecule has 5 heteroatoms. The number of methoxy groups -OCH3 is 1. The van der Waals surface area contributed by atoms with Crippen molar-refractivity contribution in [2.45, 2.75) is 13.8 Å². The van der Waals surface area contributed by atoms with Crippen LogP contribution in [0.2, 0.25) is 0 Å². The SMILES string of the molecule is COCCNc1nc(C)cn1-c1ccc(Br)cc1C. The van der Waals surface area contributed by atoms with E-state index in [0.29, 0.717) is 6.61 Å². The molecule has 1 aromatic carbocycles. The Morgan fingerprint density at radius 3 is 2.84 bits per heavy atom. The second-order valence-corrected chi connectivity index (χ2v) is 5.34. The molecule has 0 unspecified atom stereocenters. The summed E-state index contributed by atoms with van der Waals surface area (Å²) >= 11 is 3.49. The third-order valence-electron chi connectivity index (χ3n) is 2.83. The number of hydrogen-bond acceptors (Lipinski definition) is 3. The Morgan fingerprint density at radius 2 is 2.16 bits per heavy atom. The molecule has 2 rings (SSSR count). The Kier molecular flexibility index (Phi) is 4.61. The molecule has 0 bridgehead atoms. The molecule has 0 fully saturated rings. The summed E-state index contributed by atoms with van der Waals surface area (Å²) in [4.78, 5) is 4.51. The number of hydrogen-bond donors (Lipinski definition) is 1. The lowest BCUT2D eigenvalue weighted by molar-refractivity contribution is 0.210. The molecule has 0 saturated heterocycles. The molecule has 0 saturated carbocycles. The summed E-state index contributed by atoms with van der Waals surface area (Å²) in [6.45, 7) is 5.48. The highest BCUT2D eigenvalue weighted by Crippen LogP contribution is 2.23. The predicted octanol–water partition coefficient (Wildman–Crippen LogP) is 3.31. The number of benzene rings is 1. The van der Waals surface area contributed by atoms with Gasteiger partial charge >= 0.3 is 0 Å². The summed E-state index contributed by atoms with van der Waals surface area (Å²) < 4.78 is 8.21. The summed E-state index contributed by atoms with van der Waals surface area (Å²) in [5, 5.41) is 3.29. The van der Waals surface area contributed by atoms with E-state index >= 15 is 0 Å². The van der Waals surface area contributed by atoms with Gasteiger partial charge in [0.1, 0.15) is 0 Å². The predicted molar refractivity (Wildman–Crippen MR) is 81.1 cm³/mol. The van der Waals surface area contributed by atoms with Crippen LogP contribution in [-0.2, 0) is 4.74 Å². The zero-order chi connectivity index (χ0) is 13.8. The van der Waals surface area contributed by atoms with Crippen molar-refractivity contribution in [1.82, 2.24) is 9.55 Å². The van der Waals surface area contributed by atoms with E-state index in [-0.39, 0.29) is 0 Å². The van der Waals surface area contributed by atoms with E-state index in [0.717, 1.165) is 28.3 Å². The number of rotatable bonds is 5. The first kappa shape index (κ1) is 14.1. The number of ether oxygens (including phenoxy) is 1. The summed E-state index contributed by atoms with van der Waals surface area (Å²) in [6.07, 6.45) is 2.03.